The third kappa shape index (κ3) is 13.2. The lowest BCUT2D eigenvalue weighted by molar-refractivity contribution is 0.0941. The van der Waals surface area contributed by atoms with Gasteiger partial charge in [-0.25, -0.2) is 0 Å². The normalized spacial score (nSPS) is 11.5. The lowest BCUT2D eigenvalue weighted by Crippen LogP contribution is -2.29. The first kappa shape index (κ1) is 48.2. The number of aliphatic hydroxyl groups is 2. The first-order chi connectivity index (χ1) is 31.5. The fraction of sp³-hybridized carbons (Fsp3) is 0.294. The third-order valence-corrected chi connectivity index (χ3v) is 11.4. The molecule has 0 bridgehead atoms. The molecule has 0 unspecified atom stereocenters. The van der Waals surface area contributed by atoms with E-state index in [1.807, 2.05) is 36.4 Å². The summed E-state index contributed by atoms with van der Waals surface area (Å²) in [6.07, 6.45) is 6.43. The summed E-state index contributed by atoms with van der Waals surface area (Å²) in [5, 5.41) is 41.8. The molecule has 0 radical (unpaired) electrons. The summed E-state index contributed by atoms with van der Waals surface area (Å²) in [5.74, 6) is 2.05. The summed E-state index contributed by atoms with van der Waals surface area (Å²) in [7, 11) is 2.06. The van der Waals surface area contributed by atoms with Gasteiger partial charge in [-0.2, -0.15) is 10.5 Å². The van der Waals surface area contributed by atoms with Crippen molar-refractivity contribution < 1.29 is 29.2 Å². The maximum atomic E-state index is 9.86. The van der Waals surface area contributed by atoms with Crippen LogP contribution in [0, 0.1) is 36.5 Å². The van der Waals surface area contributed by atoms with E-state index >= 15 is 0 Å². The highest BCUT2D eigenvalue weighted by molar-refractivity contribution is 6.32. The van der Waals surface area contributed by atoms with Gasteiger partial charge in [0.1, 0.15) is 61.6 Å². The molecule has 65 heavy (non-hydrogen) atoms. The second kappa shape index (κ2) is 23.6. The minimum Gasteiger partial charge on any atom is -0.488 e. The van der Waals surface area contributed by atoms with Crippen molar-refractivity contribution in [3.8, 4) is 46.3 Å². The summed E-state index contributed by atoms with van der Waals surface area (Å²) in [6, 6.07) is 27.2. The number of halogens is 2. The number of rotatable bonds is 22. The summed E-state index contributed by atoms with van der Waals surface area (Å²) in [4.78, 5) is 10.5. The Morgan fingerprint density at radius 2 is 1.17 bits per heavy atom. The van der Waals surface area contributed by atoms with Gasteiger partial charge in [0.25, 0.3) is 0 Å². The molecule has 0 saturated carbocycles. The number of ether oxygens (including phenoxy) is 4. The Kier molecular flexibility index (Phi) is 17.5. The number of benzene rings is 4. The molecule has 6 rings (SSSR count). The van der Waals surface area contributed by atoms with Crippen molar-refractivity contribution in [2.75, 3.05) is 26.7 Å². The van der Waals surface area contributed by atoms with Gasteiger partial charge in [0.2, 0.25) is 0 Å². The fourth-order valence-corrected chi connectivity index (χ4v) is 7.73. The minimum atomic E-state index is -0.916. The van der Waals surface area contributed by atoms with E-state index in [1.54, 1.807) is 36.7 Å². The van der Waals surface area contributed by atoms with E-state index < -0.39 is 6.10 Å². The van der Waals surface area contributed by atoms with Crippen LogP contribution in [0.4, 0.5) is 0 Å². The zero-order valence-electron chi connectivity index (χ0n) is 36.9. The number of nitriles is 2. The predicted octanol–water partition coefficient (Wildman–Crippen LogP) is 9.41. The van der Waals surface area contributed by atoms with E-state index in [9.17, 15) is 20.7 Å². The lowest BCUT2D eigenvalue weighted by atomic mass is 9.92. The van der Waals surface area contributed by atoms with Crippen molar-refractivity contribution in [3.63, 3.8) is 0 Å². The highest BCUT2D eigenvalue weighted by Crippen LogP contribution is 2.37. The van der Waals surface area contributed by atoms with Crippen molar-refractivity contribution in [1.29, 1.82) is 10.5 Å². The molecule has 2 heterocycles. The summed E-state index contributed by atoms with van der Waals surface area (Å²) in [6.45, 7) is 8.79. The Labute approximate surface area is 390 Å². The first-order valence-corrected chi connectivity index (χ1v) is 21.9. The van der Waals surface area contributed by atoms with E-state index in [2.05, 4.69) is 72.3 Å². The van der Waals surface area contributed by atoms with Crippen LogP contribution in [0.5, 0.6) is 23.0 Å². The van der Waals surface area contributed by atoms with Crippen LogP contribution in [0.1, 0.15) is 69.0 Å². The second-order valence-electron chi connectivity index (χ2n) is 15.7. The number of nitrogens with one attached hydrogen (secondary N) is 1. The first-order valence-electron chi connectivity index (χ1n) is 21.2. The van der Waals surface area contributed by atoms with Crippen molar-refractivity contribution in [3.05, 3.63) is 163 Å². The number of pyridine rings is 2. The monoisotopic (exact) mass is 914 g/mol. The van der Waals surface area contributed by atoms with E-state index in [0.29, 0.717) is 62.8 Å². The second-order valence-corrected chi connectivity index (χ2v) is 16.5. The Morgan fingerprint density at radius 1 is 0.677 bits per heavy atom. The van der Waals surface area contributed by atoms with E-state index in [0.717, 1.165) is 63.0 Å². The molecule has 0 amide bonds. The lowest BCUT2D eigenvalue weighted by Gasteiger charge is -2.21. The standard InChI is InChI=1S/C51H52Cl2N6O6/c1-5-12-59(4)27-42-16-47(53)51(18-49(42)63-30-38-14-36(20-55)22-57-24-38)65-32-40-9-7-11-45(34(40)3)44-10-6-8-39(33(44)2)31-64-50-17-48(62-29-37-13-35(19-54)21-56-23-37)41(15-46(50)52)25-58-26-43(61)28-60/h6-11,13-18,21-24,43,58,60-61H,5,12,25-32H2,1-4H3/t43-/m1/s1. The molecule has 14 heteroatoms. The minimum absolute atomic E-state index is 0.144. The summed E-state index contributed by atoms with van der Waals surface area (Å²) >= 11 is 13.7. The van der Waals surface area contributed by atoms with Gasteiger partial charge < -0.3 is 39.4 Å². The van der Waals surface area contributed by atoms with Crippen molar-refractivity contribution in [1.82, 2.24) is 20.2 Å². The van der Waals surface area contributed by atoms with Crippen LogP contribution in [0.3, 0.4) is 0 Å². The number of nitrogens with zero attached hydrogens (tertiary/aromatic N) is 5. The Balaban J connectivity index is 1.19. The van der Waals surface area contributed by atoms with Crippen LogP contribution in [-0.4, -0.2) is 57.9 Å². The van der Waals surface area contributed by atoms with Gasteiger partial charge in [-0.15, -0.1) is 0 Å². The smallest absolute Gasteiger partial charge is 0.142 e. The largest absolute Gasteiger partial charge is 0.488 e. The summed E-state index contributed by atoms with van der Waals surface area (Å²) in [5.41, 5.74) is 10.2. The molecule has 0 aliphatic rings. The topological polar surface area (TPSA) is 166 Å². The SMILES string of the molecule is CCCN(C)Cc1cc(Cl)c(OCc2cccc(-c3cccc(COc4cc(OCc5cncc(C#N)c5)c(CNC[C@@H](O)CO)cc4Cl)c3C)c2C)cc1OCc1cncc(C#N)c1. The molecule has 0 spiro atoms. The van der Waals surface area contributed by atoms with Crippen LogP contribution in [0.2, 0.25) is 10.0 Å². The summed E-state index contributed by atoms with van der Waals surface area (Å²) < 4.78 is 25.4. The fourth-order valence-electron chi connectivity index (χ4n) is 7.24. The zero-order chi connectivity index (χ0) is 46.3. The third-order valence-electron chi connectivity index (χ3n) is 10.8. The molecule has 12 nitrogen and oxygen atoms in total. The predicted molar refractivity (Wildman–Crippen MR) is 251 cm³/mol. The molecule has 4 aromatic carbocycles. The number of hydrogen-bond donors (Lipinski definition) is 3. The molecule has 2 aromatic heterocycles. The Hall–Kier alpha value is -6.22. The van der Waals surface area contributed by atoms with Gasteiger partial charge in [0.05, 0.1) is 33.9 Å². The highest BCUT2D eigenvalue weighted by Gasteiger charge is 2.18. The average molecular weight is 916 g/mol. The number of hydrogen-bond acceptors (Lipinski definition) is 12. The molecule has 336 valence electrons. The van der Waals surface area contributed by atoms with Crippen LogP contribution in [-0.2, 0) is 39.5 Å². The van der Waals surface area contributed by atoms with E-state index in [-0.39, 0.29) is 39.6 Å². The molecule has 0 saturated heterocycles. The molecular formula is C51H52Cl2N6O6. The van der Waals surface area contributed by atoms with Gasteiger partial charge >= 0.3 is 0 Å². The van der Waals surface area contributed by atoms with Gasteiger partial charge in [-0.1, -0.05) is 66.5 Å². The molecule has 0 fully saturated rings. The van der Waals surface area contributed by atoms with Crippen LogP contribution < -0.4 is 24.3 Å². The van der Waals surface area contributed by atoms with E-state index in [4.69, 9.17) is 42.1 Å². The molecule has 6 aromatic rings. The van der Waals surface area contributed by atoms with Crippen molar-refractivity contribution in [2.24, 2.45) is 0 Å². The van der Waals surface area contributed by atoms with Crippen LogP contribution in [0.25, 0.3) is 11.1 Å². The molecule has 1 atom stereocenters. The zero-order valence-corrected chi connectivity index (χ0v) is 38.4. The van der Waals surface area contributed by atoms with Crippen LogP contribution in [0.15, 0.2) is 97.6 Å². The van der Waals surface area contributed by atoms with Crippen molar-refractivity contribution in [2.45, 2.75) is 72.8 Å². The van der Waals surface area contributed by atoms with Gasteiger partial charge in [-0.05, 0) is 91.5 Å². The molecular weight excluding hydrogens is 864 g/mol. The van der Waals surface area contributed by atoms with Gasteiger partial charge in [-0.3, -0.25) is 9.97 Å². The number of aromatic nitrogens is 2. The molecule has 0 aliphatic heterocycles. The average Bonchev–Trinajstić information content (AvgIpc) is 3.31. The highest BCUT2D eigenvalue weighted by atomic mass is 35.5. The maximum Gasteiger partial charge on any atom is 0.142 e. The van der Waals surface area contributed by atoms with E-state index in [1.165, 1.54) is 12.4 Å². The van der Waals surface area contributed by atoms with Gasteiger partial charge in [0.15, 0.2) is 0 Å². The maximum absolute atomic E-state index is 9.86. The van der Waals surface area contributed by atoms with Crippen molar-refractivity contribution >= 4 is 23.2 Å². The Morgan fingerprint density at radius 3 is 1.66 bits per heavy atom. The van der Waals surface area contributed by atoms with Gasteiger partial charge in [0, 0.05) is 78.8 Å². The Bertz CT molecular complexity index is 2670. The van der Waals surface area contributed by atoms with Crippen LogP contribution >= 0.6 is 23.2 Å². The molecule has 3 N–H and O–H groups in total. The molecule has 0 aliphatic carbocycles. The number of aliphatic hydroxyl groups excluding tert-OH is 2. The quantitative estimate of drug-likeness (QED) is 0.0592.